The van der Waals surface area contributed by atoms with Gasteiger partial charge < -0.3 is 16.0 Å². The van der Waals surface area contributed by atoms with Gasteiger partial charge in [0.15, 0.2) is 0 Å². The number of nitrogens with one attached hydrogen (secondary N) is 2. The van der Waals surface area contributed by atoms with Crippen molar-refractivity contribution in [3.63, 3.8) is 0 Å². The Balaban J connectivity index is 1.84. The van der Waals surface area contributed by atoms with Crippen molar-refractivity contribution in [2.24, 2.45) is 5.73 Å². The summed E-state index contributed by atoms with van der Waals surface area (Å²) in [5, 5.41) is 5.12. The molecule has 2 aliphatic rings. The Kier molecular flexibility index (Phi) is 3.92. The molecule has 0 spiro atoms. The number of nitrogens with two attached hydrogens (primary N) is 1. The van der Waals surface area contributed by atoms with Crippen LogP contribution in [0.25, 0.3) is 0 Å². The highest BCUT2D eigenvalue weighted by atomic mass is 35.5. The van der Waals surface area contributed by atoms with E-state index in [4.69, 9.17) is 17.3 Å². The van der Waals surface area contributed by atoms with E-state index in [2.05, 4.69) is 10.6 Å². The Bertz CT molecular complexity index is 766. The average Bonchev–Trinajstić information content (AvgIpc) is 2.95. The molecule has 9 heteroatoms. The molecule has 1 atom stereocenters. The molecule has 8 nitrogen and oxygen atoms in total. The van der Waals surface area contributed by atoms with Crippen LogP contribution in [0.4, 0.5) is 4.79 Å². The van der Waals surface area contributed by atoms with Gasteiger partial charge in [0.1, 0.15) is 5.54 Å². The first-order valence-corrected chi connectivity index (χ1v) is 7.68. The second-order valence-electron chi connectivity index (χ2n) is 5.92. The fourth-order valence-corrected chi connectivity index (χ4v) is 3.19. The first-order chi connectivity index (χ1) is 11.3. The number of carbonyl (C=O) groups excluding carboxylic acids is 4. The number of amides is 5. The van der Waals surface area contributed by atoms with Gasteiger partial charge in [-0.15, -0.1) is 0 Å². The Labute approximate surface area is 142 Å². The lowest BCUT2D eigenvalue weighted by atomic mass is 9.92. The van der Waals surface area contributed by atoms with Crippen molar-refractivity contribution in [1.29, 1.82) is 0 Å². The number of urea groups is 1. The number of hydrogen-bond acceptors (Lipinski definition) is 4. The third-order valence-corrected chi connectivity index (χ3v) is 4.46. The minimum atomic E-state index is -1.37. The van der Waals surface area contributed by atoms with E-state index in [0.29, 0.717) is 17.1 Å². The largest absolute Gasteiger partial charge is 0.370 e. The summed E-state index contributed by atoms with van der Waals surface area (Å²) in [6.07, 6.45) is -0.0741. The van der Waals surface area contributed by atoms with Gasteiger partial charge in [-0.25, -0.2) is 4.79 Å². The normalized spacial score (nSPS) is 22.4. The van der Waals surface area contributed by atoms with Crippen LogP contribution in [-0.2, 0) is 16.1 Å². The predicted octanol–water partition coefficient (Wildman–Crippen LogP) is 0.139. The Morgan fingerprint density at radius 3 is 2.71 bits per heavy atom. The van der Waals surface area contributed by atoms with Crippen molar-refractivity contribution in [3.8, 4) is 0 Å². The molecule has 0 radical (unpaired) electrons. The van der Waals surface area contributed by atoms with E-state index in [1.54, 1.807) is 18.2 Å². The first kappa shape index (κ1) is 16.3. The summed E-state index contributed by atoms with van der Waals surface area (Å²) in [5.74, 6) is -1.44. The number of imide groups is 1. The Morgan fingerprint density at radius 2 is 2.08 bits per heavy atom. The van der Waals surface area contributed by atoms with Crippen LogP contribution >= 0.6 is 11.6 Å². The summed E-state index contributed by atoms with van der Waals surface area (Å²) in [7, 11) is 0. The van der Waals surface area contributed by atoms with Gasteiger partial charge in [-0.2, -0.15) is 0 Å². The zero-order valence-corrected chi connectivity index (χ0v) is 13.4. The van der Waals surface area contributed by atoms with Gasteiger partial charge in [0, 0.05) is 23.6 Å². The van der Waals surface area contributed by atoms with Crippen molar-refractivity contribution >= 4 is 35.4 Å². The minimum absolute atomic E-state index is 0.0147. The van der Waals surface area contributed by atoms with Crippen LogP contribution in [0, 0.1) is 0 Å². The maximum Gasteiger partial charge on any atom is 0.322 e. The second kappa shape index (κ2) is 5.79. The standard InChI is InChI=1S/C15H15ClN4O4/c16-9-2-1-8-6-20(12(22)10(8)5-9)7-15(4-3-11(17)21)13(23)18-14(24)19-15/h1-2,5H,3-4,6-7H2,(H2,17,21)(H2,18,19,23,24). The molecule has 3 rings (SSSR count). The van der Waals surface area contributed by atoms with Crippen molar-refractivity contribution in [3.05, 3.63) is 34.3 Å². The molecule has 0 saturated carbocycles. The molecule has 0 bridgehead atoms. The molecule has 1 aromatic carbocycles. The molecule has 0 aromatic heterocycles. The summed E-state index contributed by atoms with van der Waals surface area (Å²) in [6.45, 7) is 0.246. The molecular weight excluding hydrogens is 336 g/mol. The SMILES string of the molecule is NC(=O)CCC1(CN2Cc3ccc(Cl)cc3C2=O)NC(=O)NC1=O. The minimum Gasteiger partial charge on any atom is -0.370 e. The van der Waals surface area contributed by atoms with Gasteiger partial charge in [-0.3, -0.25) is 19.7 Å². The van der Waals surface area contributed by atoms with Crippen molar-refractivity contribution in [2.45, 2.75) is 24.9 Å². The first-order valence-electron chi connectivity index (χ1n) is 7.30. The lowest BCUT2D eigenvalue weighted by Gasteiger charge is -2.30. The molecule has 126 valence electrons. The summed E-state index contributed by atoms with van der Waals surface area (Å²) in [5.41, 5.74) is 5.05. The van der Waals surface area contributed by atoms with Gasteiger partial charge >= 0.3 is 6.03 Å². The number of halogens is 1. The van der Waals surface area contributed by atoms with Gasteiger partial charge in [0.2, 0.25) is 5.91 Å². The predicted molar refractivity (Wildman–Crippen MR) is 84.0 cm³/mol. The Morgan fingerprint density at radius 1 is 1.33 bits per heavy atom. The summed E-state index contributed by atoms with van der Waals surface area (Å²) in [6, 6.07) is 4.35. The molecular formula is C15H15ClN4O4. The Hall–Kier alpha value is -2.61. The molecule has 24 heavy (non-hydrogen) atoms. The van der Waals surface area contributed by atoms with E-state index < -0.39 is 23.4 Å². The third-order valence-electron chi connectivity index (χ3n) is 4.22. The second-order valence-corrected chi connectivity index (χ2v) is 6.36. The van der Waals surface area contributed by atoms with E-state index in [1.165, 1.54) is 4.90 Å². The molecule has 2 aliphatic heterocycles. The molecule has 1 fully saturated rings. The van der Waals surface area contributed by atoms with Crippen LogP contribution in [0.3, 0.4) is 0 Å². The smallest absolute Gasteiger partial charge is 0.322 e. The quantitative estimate of drug-likeness (QED) is 0.654. The number of primary amides is 1. The summed E-state index contributed by atoms with van der Waals surface area (Å²) in [4.78, 5) is 48.9. The number of nitrogens with zero attached hydrogens (tertiary/aromatic N) is 1. The molecule has 2 heterocycles. The van der Waals surface area contributed by atoms with E-state index in [0.717, 1.165) is 5.56 Å². The van der Waals surface area contributed by atoms with Crippen LogP contribution in [-0.4, -0.2) is 40.7 Å². The lowest BCUT2D eigenvalue weighted by Crippen LogP contribution is -2.55. The van der Waals surface area contributed by atoms with E-state index in [1.807, 2.05) is 0 Å². The third kappa shape index (κ3) is 2.80. The molecule has 5 amide bonds. The maximum absolute atomic E-state index is 12.5. The maximum atomic E-state index is 12.5. The zero-order chi connectivity index (χ0) is 17.5. The summed E-state index contributed by atoms with van der Waals surface area (Å²) >= 11 is 5.92. The highest BCUT2D eigenvalue weighted by Gasteiger charge is 2.48. The van der Waals surface area contributed by atoms with Gasteiger partial charge in [-0.05, 0) is 24.1 Å². The molecule has 1 unspecified atom stereocenters. The van der Waals surface area contributed by atoms with Crippen molar-refractivity contribution in [2.75, 3.05) is 6.54 Å². The van der Waals surface area contributed by atoms with E-state index in [-0.39, 0.29) is 25.3 Å². The zero-order valence-electron chi connectivity index (χ0n) is 12.6. The van der Waals surface area contributed by atoms with Crippen LogP contribution in [0.5, 0.6) is 0 Å². The average molecular weight is 351 g/mol. The van der Waals surface area contributed by atoms with E-state index in [9.17, 15) is 19.2 Å². The number of benzene rings is 1. The van der Waals surface area contributed by atoms with Gasteiger partial charge in [0.05, 0.1) is 6.54 Å². The van der Waals surface area contributed by atoms with Gasteiger partial charge in [-0.1, -0.05) is 17.7 Å². The van der Waals surface area contributed by atoms with Crippen LogP contribution in [0.1, 0.15) is 28.8 Å². The van der Waals surface area contributed by atoms with Crippen LogP contribution in [0.2, 0.25) is 5.02 Å². The summed E-state index contributed by atoms with van der Waals surface area (Å²) < 4.78 is 0. The number of hydrogen-bond donors (Lipinski definition) is 3. The molecule has 1 saturated heterocycles. The van der Waals surface area contributed by atoms with Gasteiger partial charge in [0.25, 0.3) is 11.8 Å². The topological polar surface area (TPSA) is 122 Å². The number of fused-ring (bicyclic) bond motifs is 1. The lowest BCUT2D eigenvalue weighted by molar-refractivity contribution is -0.125. The molecule has 0 aliphatic carbocycles. The van der Waals surface area contributed by atoms with Crippen molar-refractivity contribution in [1.82, 2.24) is 15.5 Å². The number of rotatable bonds is 5. The highest BCUT2D eigenvalue weighted by molar-refractivity contribution is 6.31. The number of carbonyl (C=O) groups is 4. The van der Waals surface area contributed by atoms with E-state index >= 15 is 0 Å². The fraction of sp³-hybridized carbons (Fsp3) is 0.333. The van der Waals surface area contributed by atoms with Crippen LogP contribution < -0.4 is 16.4 Å². The molecule has 1 aromatic rings. The van der Waals surface area contributed by atoms with Crippen molar-refractivity contribution < 1.29 is 19.2 Å². The van der Waals surface area contributed by atoms with Crippen LogP contribution in [0.15, 0.2) is 18.2 Å². The fourth-order valence-electron chi connectivity index (χ4n) is 3.02. The monoisotopic (exact) mass is 350 g/mol. The highest BCUT2D eigenvalue weighted by Crippen LogP contribution is 2.29. The molecule has 4 N–H and O–H groups in total.